The molecule has 0 N–H and O–H groups in total. The minimum atomic E-state index is -0.683. The molecule has 0 radical (unpaired) electrons. The third-order valence-electron chi connectivity index (χ3n) is 5.38. The van der Waals surface area contributed by atoms with Crippen molar-refractivity contribution in [2.24, 2.45) is 0 Å². The van der Waals surface area contributed by atoms with Crippen molar-refractivity contribution >= 4 is 0 Å². The van der Waals surface area contributed by atoms with E-state index in [0.717, 1.165) is 30.6 Å². The Morgan fingerprint density at radius 2 is 1.58 bits per heavy atom. The molecule has 2 unspecified atom stereocenters. The molecule has 0 bridgehead atoms. The van der Waals surface area contributed by atoms with Gasteiger partial charge in [-0.3, -0.25) is 0 Å². The zero-order chi connectivity index (χ0) is 16.4. The molecule has 0 spiro atoms. The van der Waals surface area contributed by atoms with Gasteiger partial charge in [-0.2, -0.15) is 0 Å². The molecule has 0 fully saturated rings. The van der Waals surface area contributed by atoms with E-state index in [-0.39, 0.29) is 0 Å². The van der Waals surface area contributed by atoms with Crippen LogP contribution in [0.25, 0.3) is 0 Å². The lowest BCUT2D eigenvalue weighted by molar-refractivity contribution is -0.225. The van der Waals surface area contributed by atoms with Gasteiger partial charge in [0.1, 0.15) is 5.76 Å². The molecule has 2 atom stereocenters. The van der Waals surface area contributed by atoms with Crippen molar-refractivity contribution in [3.8, 4) is 0 Å². The second-order valence-corrected chi connectivity index (χ2v) is 6.75. The number of methoxy groups -OCH3 is 1. The quantitative estimate of drug-likeness (QED) is 0.741. The summed E-state index contributed by atoms with van der Waals surface area (Å²) in [7, 11) is 1.77. The average molecular weight is 320 g/mol. The highest BCUT2D eigenvalue weighted by Crippen LogP contribution is 2.50. The smallest absolute Gasteiger partial charge is 0.237 e. The summed E-state index contributed by atoms with van der Waals surface area (Å²) in [6.07, 6.45) is 5.46. The molecule has 2 nitrogen and oxygen atoms in total. The highest BCUT2D eigenvalue weighted by atomic mass is 16.7. The van der Waals surface area contributed by atoms with Crippen molar-refractivity contribution in [1.29, 1.82) is 0 Å². The molecule has 1 aliphatic heterocycles. The van der Waals surface area contributed by atoms with Crippen LogP contribution < -0.4 is 0 Å². The lowest BCUT2D eigenvalue weighted by Crippen LogP contribution is -2.38. The fraction of sp³-hybridized carbons (Fsp3) is 0.364. The SMILES string of the molecule is COC1(c2ccccc2)CC(c2ccccc2)C2=C(CCCC2)O1. The first-order valence-corrected chi connectivity index (χ1v) is 8.89. The Labute approximate surface area is 144 Å². The van der Waals surface area contributed by atoms with Gasteiger partial charge in [-0.1, -0.05) is 60.7 Å². The molecule has 2 heteroatoms. The van der Waals surface area contributed by atoms with Crippen LogP contribution >= 0.6 is 0 Å². The summed E-state index contributed by atoms with van der Waals surface area (Å²) in [5.41, 5.74) is 3.95. The molecule has 0 amide bonds. The summed E-state index contributed by atoms with van der Waals surface area (Å²) in [5.74, 6) is 0.847. The largest absolute Gasteiger partial charge is 0.462 e. The van der Waals surface area contributed by atoms with E-state index in [1.54, 1.807) is 7.11 Å². The van der Waals surface area contributed by atoms with Gasteiger partial charge in [0.05, 0.1) is 0 Å². The van der Waals surface area contributed by atoms with Crippen molar-refractivity contribution in [3.05, 3.63) is 83.1 Å². The molecule has 2 aliphatic rings. The molecule has 0 saturated carbocycles. The number of allylic oxidation sites excluding steroid dienone is 2. The van der Waals surface area contributed by atoms with Crippen molar-refractivity contribution in [3.63, 3.8) is 0 Å². The van der Waals surface area contributed by atoms with Gasteiger partial charge in [0.15, 0.2) is 0 Å². The van der Waals surface area contributed by atoms with Gasteiger partial charge in [-0.15, -0.1) is 0 Å². The van der Waals surface area contributed by atoms with Crippen LogP contribution in [0.4, 0.5) is 0 Å². The summed E-state index contributed by atoms with van der Waals surface area (Å²) in [6.45, 7) is 0. The Bertz CT molecular complexity index is 720. The van der Waals surface area contributed by atoms with Gasteiger partial charge in [-0.25, -0.2) is 0 Å². The minimum absolute atomic E-state index is 0.371. The van der Waals surface area contributed by atoms with E-state index >= 15 is 0 Å². The first kappa shape index (κ1) is 15.5. The first-order chi connectivity index (χ1) is 11.8. The topological polar surface area (TPSA) is 18.5 Å². The lowest BCUT2D eigenvalue weighted by Gasteiger charge is -2.44. The van der Waals surface area contributed by atoms with Gasteiger partial charge in [0.2, 0.25) is 5.79 Å². The Morgan fingerprint density at radius 1 is 0.917 bits per heavy atom. The molecule has 24 heavy (non-hydrogen) atoms. The maximum atomic E-state index is 6.52. The molecular formula is C22H24O2. The second-order valence-electron chi connectivity index (χ2n) is 6.75. The minimum Gasteiger partial charge on any atom is -0.462 e. The van der Waals surface area contributed by atoms with E-state index in [9.17, 15) is 0 Å². The highest BCUT2D eigenvalue weighted by Gasteiger charge is 2.44. The first-order valence-electron chi connectivity index (χ1n) is 8.89. The molecule has 0 saturated heterocycles. The Morgan fingerprint density at radius 3 is 2.29 bits per heavy atom. The second kappa shape index (κ2) is 6.45. The van der Waals surface area contributed by atoms with Crippen molar-refractivity contribution in [1.82, 2.24) is 0 Å². The third-order valence-corrected chi connectivity index (χ3v) is 5.38. The van der Waals surface area contributed by atoms with Crippen LogP contribution in [0.5, 0.6) is 0 Å². The molecule has 1 aliphatic carbocycles. The third kappa shape index (κ3) is 2.65. The monoisotopic (exact) mass is 320 g/mol. The van der Waals surface area contributed by atoms with E-state index in [0.29, 0.717) is 5.92 Å². The summed E-state index contributed by atoms with van der Waals surface area (Å²) >= 11 is 0. The van der Waals surface area contributed by atoms with Gasteiger partial charge < -0.3 is 9.47 Å². The van der Waals surface area contributed by atoms with Crippen LogP contribution in [0.15, 0.2) is 72.0 Å². The standard InChI is InChI=1S/C22H24O2/c1-23-22(18-12-6-3-7-13-18)16-20(17-10-4-2-5-11-17)19-14-8-9-15-21(19)24-22/h2-7,10-13,20H,8-9,14-16H2,1H3. The van der Waals surface area contributed by atoms with Crippen LogP contribution in [0.1, 0.15) is 49.1 Å². The number of ether oxygens (including phenoxy) is 2. The normalized spacial score (nSPS) is 26.6. The molecule has 4 rings (SSSR count). The van der Waals surface area contributed by atoms with Gasteiger partial charge in [0.25, 0.3) is 0 Å². The summed E-state index contributed by atoms with van der Waals surface area (Å²) in [4.78, 5) is 0. The molecule has 124 valence electrons. The van der Waals surface area contributed by atoms with E-state index in [4.69, 9.17) is 9.47 Å². The van der Waals surface area contributed by atoms with E-state index in [1.165, 1.54) is 24.0 Å². The maximum absolute atomic E-state index is 6.52. The molecule has 2 aromatic rings. The lowest BCUT2D eigenvalue weighted by atomic mass is 9.76. The fourth-order valence-corrected chi connectivity index (χ4v) is 4.13. The molecule has 0 aromatic heterocycles. The molecule has 2 aromatic carbocycles. The summed E-state index contributed by atoms with van der Waals surface area (Å²) in [6, 6.07) is 21.2. The van der Waals surface area contributed by atoms with Crippen molar-refractivity contribution in [2.75, 3.05) is 7.11 Å². The summed E-state index contributed by atoms with van der Waals surface area (Å²) < 4.78 is 12.5. The van der Waals surface area contributed by atoms with Crippen LogP contribution in [0, 0.1) is 0 Å². The Balaban J connectivity index is 1.81. The van der Waals surface area contributed by atoms with Crippen molar-refractivity contribution in [2.45, 2.75) is 43.8 Å². The molecule has 1 heterocycles. The van der Waals surface area contributed by atoms with Crippen LogP contribution in [-0.4, -0.2) is 7.11 Å². The predicted octanol–water partition coefficient (Wildman–Crippen LogP) is 5.52. The zero-order valence-corrected chi connectivity index (χ0v) is 14.2. The van der Waals surface area contributed by atoms with E-state index in [1.807, 2.05) is 6.07 Å². The Hall–Kier alpha value is -2.06. The zero-order valence-electron chi connectivity index (χ0n) is 14.2. The van der Waals surface area contributed by atoms with Gasteiger partial charge in [0, 0.05) is 31.4 Å². The van der Waals surface area contributed by atoms with Gasteiger partial charge in [-0.05, 0) is 30.4 Å². The molecular weight excluding hydrogens is 296 g/mol. The highest BCUT2D eigenvalue weighted by molar-refractivity contribution is 5.36. The van der Waals surface area contributed by atoms with Crippen LogP contribution in [-0.2, 0) is 15.3 Å². The number of hydrogen-bond donors (Lipinski definition) is 0. The number of benzene rings is 2. The predicted molar refractivity (Wildman–Crippen MR) is 95.5 cm³/mol. The van der Waals surface area contributed by atoms with E-state index < -0.39 is 5.79 Å². The summed E-state index contributed by atoms with van der Waals surface area (Å²) in [5, 5.41) is 0. The maximum Gasteiger partial charge on any atom is 0.237 e. The average Bonchev–Trinajstić information content (AvgIpc) is 2.68. The van der Waals surface area contributed by atoms with Crippen LogP contribution in [0.2, 0.25) is 0 Å². The van der Waals surface area contributed by atoms with Crippen LogP contribution in [0.3, 0.4) is 0 Å². The van der Waals surface area contributed by atoms with Gasteiger partial charge >= 0.3 is 0 Å². The Kier molecular flexibility index (Phi) is 4.15. The number of hydrogen-bond acceptors (Lipinski definition) is 2. The van der Waals surface area contributed by atoms with Crippen molar-refractivity contribution < 1.29 is 9.47 Å². The number of rotatable bonds is 3. The fourth-order valence-electron chi connectivity index (χ4n) is 4.13. The van der Waals surface area contributed by atoms with E-state index in [2.05, 4.69) is 54.6 Å².